The highest BCUT2D eigenvalue weighted by Gasteiger charge is 2.35. The Morgan fingerprint density at radius 3 is 2.22 bits per heavy atom. The Kier molecular flexibility index (Phi) is 5.22. The third kappa shape index (κ3) is 4.58. The van der Waals surface area contributed by atoms with Gasteiger partial charge in [0.15, 0.2) is 0 Å². The average molecular weight is 351 g/mol. The average Bonchev–Trinajstić information content (AvgIpc) is 2.46. The summed E-state index contributed by atoms with van der Waals surface area (Å²) >= 11 is 0. The van der Waals surface area contributed by atoms with Crippen LogP contribution in [0, 0.1) is 0 Å². The Morgan fingerprint density at radius 1 is 1.22 bits per heavy atom. The summed E-state index contributed by atoms with van der Waals surface area (Å²) < 4.78 is 63.5. The van der Waals surface area contributed by atoms with Crippen LogP contribution in [-0.2, 0) is 10.0 Å². The van der Waals surface area contributed by atoms with Gasteiger partial charge >= 0.3 is 6.18 Å². The van der Waals surface area contributed by atoms with E-state index in [4.69, 9.17) is 5.73 Å². The molecule has 1 saturated heterocycles. The van der Waals surface area contributed by atoms with Gasteiger partial charge in [-0.1, -0.05) is 0 Å². The van der Waals surface area contributed by atoms with Crippen molar-refractivity contribution in [3.05, 3.63) is 24.3 Å². The van der Waals surface area contributed by atoms with Crippen molar-refractivity contribution in [2.24, 2.45) is 0 Å². The van der Waals surface area contributed by atoms with Crippen molar-refractivity contribution in [2.45, 2.75) is 30.0 Å². The van der Waals surface area contributed by atoms with E-state index in [9.17, 15) is 21.6 Å². The van der Waals surface area contributed by atoms with Crippen LogP contribution in [-0.4, -0.2) is 56.5 Å². The molecule has 5 nitrogen and oxygen atoms in total. The summed E-state index contributed by atoms with van der Waals surface area (Å²) in [7, 11) is -2.20. The molecule has 1 fully saturated rings. The Hall–Kier alpha value is -1.32. The van der Waals surface area contributed by atoms with Crippen LogP contribution < -0.4 is 5.73 Å². The Morgan fingerprint density at radius 2 is 1.74 bits per heavy atom. The lowest BCUT2D eigenvalue weighted by Crippen LogP contribution is -2.47. The minimum Gasteiger partial charge on any atom is -0.399 e. The van der Waals surface area contributed by atoms with Crippen LogP contribution >= 0.6 is 0 Å². The van der Waals surface area contributed by atoms with Crippen LogP contribution in [0.15, 0.2) is 29.2 Å². The number of halogens is 3. The Balaban J connectivity index is 2.01. The first-order valence-electron chi connectivity index (χ1n) is 7.22. The van der Waals surface area contributed by atoms with Gasteiger partial charge < -0.3 is 5.73 Å². The van der Waals surface area contributed by atoms with E-state index in [0.29, 0.717) is 18.5 Å². The van der Waals surface area contributed by atoms with Gasteiger partial charge in [0.25, 0.3) is 0 Å². The zero-order valence-corrected chi connectivity index (χ0v) is 13.6. The molecule has 0 radical (unpaired) electrons. The smallest absolute Gasteiger partial charge is 0.399 e. The van der Waals surface area contributed by atoms with Crippen LogP contribution in [0.4, 0.5) is 18.9 Å². The van der Waals surface area contributed by atoms with Gasteiger partial charge in [-0.2, -0.15) is 17.5 Å². The number of hydrogen-bond donors (Lipinski definition) is 1. The summed E-state index contributed by atoms with van der Waals surface area (Å²) in [4.78, 5) is 1.44. The molecule has 0 aromatic heterocycles. The van der Waals surface area contributed by atoms with Crippen LogP contribution in [0.25, 0.3) is 0 Å². The molecule has 0 atom stereocenters. The standard InChI is InChI=1S/C14H20F3N3O2S/c1-19(23(21,22)13-4-2-11(18)3-5-13)12-6-8-20(9-7-12)10-14(15,16)17/h2-5,12H,6-10,18H2,1H3. The molecule has 0 saturated carbocycles. The monoisotopic (exact) mass is 351 g/mol. The van der Waals surface area contributed by atoms with E-state index in [0.717, 1.165) is 0 Å². The van der Waals surface area contributed by atoms with Gasteiger partial charge in [0, 0.05) is 31.9 Å². The maximum absolute atomic E-state index is 12.5. The molecular weight excluding hydrogens is 331 g/mol. The van der Waals surface area contributed by atoms with Crippen molar-refractivity contribution in [1.82, 2.24) is 9.21 Å². The number of piperidine rings is 1. The van der Waals surface area contributed by atoms with E-state index in [1.54, 1.807) is 0 Å². The number of hydrogen-bond acceptors (Lipinski definition) is 4. The third-order valence-corrected chi connectivity index (χ3v) is 5.96. The van der Waals surface area contributed by atoms with Gasteiger partial charge in [-0.25, -0.2) is 8.42 Å². The molecule has 23 heavy (non-hydrogen) atoms. The first kappa shape index (κ1) is 18.0. The molecular formula is C14H20F3N3O2S. The van der Waals surface area contributed by atoms with E-state index < -0.39 is 22.7 Å². The number of likely N-dealkylation sites (tertiary alicyclic amines) is 1. The zero-order valence-electron chi connectivity index (χ0n) is 12.8. The minimum absolute atomic E-state index is 0.131. The van der Waals surface area contributed by atoms with E-state index in [1.807, 2.05) is 0 Å². The lowest BCUT2D eigenvalue weighted by atomic mass is 10.1. The van der Waals surface area contributed by atoms with Gasteiger partial charge in [-0.15, -0.1) is 0 Å². The molecule has 1 aliphatic rings. The van der Waals surface area contributed by atoms with Crippen molar-refractivity contribution in [1.29, 1.82) is 0 Å². The summed E-state index contributed by atoms with van der Waals surface area (Å²) in [6.07, 6.45) is -3.48. The van der Waals surface area contributed by atoms with E-state index in [2.05, 4.69) is 0 Å². The summed E-state index contributed by atoms with van der Waals surface area (Å²) in [5.41, 5.74) is 6.01. The maximum Gasteiger partial charge on any atom is 0.401 e. The largest absolute Gasteiger partial charge is 0.401 e. The van der Waals surface area contributed by atoms with Crippen molar-refractivity contribution in [2.75, 3.05) is 32.4 Å². The zero-order chi connectivity index (χ0) is 17.3. The molecule has 0 unspecified atom stereocenters. The summed E-state index contributed by atoms with van der Waals surface area (Å²) in [5, 5.41) is 0. The summed E-state index contributed by atoms with van der Waals surface area (Å²) in [5.74, 6) is 0. The number of sulfonamides is 1. The Bertz CT molecular complexity index is 624. The molecule has 0 aliphatic carbocycles. The number of rotatable bonds is 4. The summed E-state index contributed by atoms with van der Waals surface area (Å²) in [6, 6.07) is 5.57. The van der Waals surface area contributed by atoms with Crippen molar-refractivity contribution in [3.63, 3.8) is 0 Å². The normalized spacial score (nSPS) is 18.5. The molecule has 1 aromatic carbocycles. The van der Waals surface area contributed by atoms with Crippen LogP contribution in [0.1, 0.15) is 12.8 Å². The van der Waals surface area contributed by atoms with Crippen molar-refractivity contribution >= 4 is 15.7 Å². The first-order chi connectivity index (χ1) is 10.6. The fourth-order valence-electron chi connectivity index (χ4n) is 2.70. The van der Waals surface area contributed by atoms with E-state index >= 15 is 0 Å². The quantitative estimate of drug-likeness (QED) is 0.842. The van der Waals surface area contributed by atoms with Gasteiger partial charge in [0.05, 0.1) is 11.4 Å². The molecule has 2 rings (SSSR count). The third-order valence-electron chi connectivity index (χ3n) is 4.03. The molecule has 1 aromatic rings. The molecule has 2 N–H and O–H groups in total. The van der Waals surface area contributed by atoms with Crippen LogP contribution in [0.2, 0.25) is 0 Å². The van der Waals surface area contributed by atoms with E-state index in [1.165, 1.54) is 40.5 Å². The van der Waals surface area contributed by atoms with Gasteiger partial charge in [0.1, 0.15) is 0 Å². The first-order valence-corrected chi connectivity index (χ1v) is 8.66. The number of benzene rings is 1. The number of nitrogen functional groups attached to an aromatic ring is 1. The highest BCUT2D eigenvalue weighted by molar-refractivity contribution is 7.89. The van der Waals surface area contributed by atoms with Gasteiger partial charge in [-0.05, 0) is 37.1 Å². The molecule has 0 amide bonds. The lowest BCUT2D eigenvalue weighted by Gasteiger charge is -2.36. The lowest BCUT2D eigenvalue weighted by molar-refractivity contribution is -0.148. The molecule has 0 bridgehead atoms. The topological polar surface area (TPSA) is 66.6 Å². The van der Waals surface area contributed by atoms with Crippen LogP contribution in [0.3, 0.4) is 0 Å². The Labute approximate surface area is 133 Å². The number of alkyl halides is 3. The highest BCUT2D eigenvalue weighted by Crippen LogP contribution is 2.25. The fraction of sp³-hybridized carbons (Fsp3) is 0.571. The summed E-state index contributed by atoms with van der Waals surface area (Å²) in [6.45, 7) is -0.494. The van der Waals surface area contributed by atoms with Crippen molar-refractivity contribution < 1.29 is 21.6 Å². The molecule has 9 heteroatoms. The fourth-order valence-corrected chi connectivity index (χ4v) is 4.11. The molecule has 0 spiro atoms. The molecule has 1 aliphatic heterocycles. The van der Waals surface area contributed by atoms with E-state index in [-0.39, 0.29) is 24.0 Å². The second-order valence-electron chi connectivity index (χ2n) is 5.71. The van der Waals surface area contributed by atoms with Gasteiger partial charge in [0.2, 0.25) is 10.0 Å². The highest BCUT2D eigenvalue weighted by atomic mass is 32.2. The number of nitrogens with two attached hydrogens (primary N) is 1. The maximum atomic E-state index is 12.5. The molecule has 130 valence electrons. The molecule has 1 heterocycles. The van der Waals surface area contributed by atoms with Gasteiger partial charge in [-0.3, -0.25) is 4.90 Å². The van der Waals surface area contributed by atoms with Crippen LogP contribution in [0.5, 0.6) is 0 Å². The second kappa shape index (κ2) is 6.66. The number of nitrogens with zero attached hydrogens (tertiary/aromatic N) is 2. The predicted octanol–water partition coefficient (Wildman–Crippen LogP) is 1.92. The second-order valence-corrected chi connectivity index (χ2v) is 7.71. The SMILES string of the molecule is CN(C1CCN(CC(F)(F)F)CC1)S(=O)(=O)c1ccc(N)cc1. The predicted molar refractivity (Wildman–Crippen MR) is 81.3 cm³/mol. The van der Waals surface area contributed by atoms with Crippen molar-refractivity contribution in [3.8, 4) is 0 Å². The number of anilines is 1. The minimum atomic E-state index is -4.23.